The number of amides is 1. The summed E-state index contributed by atoms with van der Waals surface area (Å²) >= 11 is 0. The van der Waals surface area contributed by atoms with Crippen LogP contribution in [0.4, 0.5) is 0 Å². The number of hydrogen-bond donors (Lipinski definition) is 1. The summed E-state index contributed by atoms with van der Waals surface area (Å²) in [6, 6.07) is 0.299. The molecule has 4 nitrogen and oxygen atoms in total. The third kappa shape index (κ3) is 3.59. The number of hydrogen-bond acceptors (Lipinski definition) is 3. The maximum absolute atomic E-state index is 12.9. The van der Waals surface area contributed by atoms with Gasteiger partial charge in [-0.2, -0.15) is 0 Å². The molecule has 2 fully saturated rings. The molecule has 3 unspecified atom stereocenters. The van der Waals surface area contributed by atoms with E-state index in [1.54, 1.807) is 0 Å². The summed E-state index contributed by atoms with van der Waals surface area (Å²) in [7, 11) is 0. The number of carbonyl (C=O) groups is 1. The van der Waals surface area contributed by atoms with Gasteiger partial charge in [0.25, 0.3) is 0 Å². The molecular weight excluding hydrogens is 262 g/mol. The van der Waals surface area contributed by atoms with Gasteiger partial charge in [0, 0.05) is 12.6 Å². The highest BCUT2D eigenvalue weighted by Gasteiger charge is 2.47. The van der Waals surface area contributed by atoms with Crippen LogP contribution in [0.1, 0.15) is 66.2 Å². The molecule has 1 N–H and O–H groups in total. The number of nitrogens with zero attached hydrogens (tertiary/aromatic N) is 2. The molecule has 1 amide bonds. The Morgan fingerprint density at radius 2 is 1.95 bits per heavy atom. The van der Waals surface area contributed by atoms with Crippen LogP contribution in [0.5, 0.6) is 0 Å². The Morgan fingerprint density at radius 1 is 1.29 bits per heavy atom. The number of rotatable bonds is 6. The summed E-state index contributed by atoms with van der Waals surface area (Å²) in [6.07, 6.45) is 7.21. The second-order valence-corrected chi connectivity index (χ2v) is 7.06. The molecule has 0 saturated carbocycles. The van der Waals surface area contributed by atoms with Crippen LogP contribution in [-0.4, -0.2) is 53.1 Å². The average molecular weight is 295 g/mol. The lowest BCUT2D eigenvalue weighted by molar-refractivity contribution is -0.135. The van der Waals surface area contributed by atoms with Crippen LogP contribution in [0, 0.1) is 0 Å². The van der Waals surface area contributed by atoms with E-state index < -0.39 is 0 Å². The van der Waals surface area contributed by atoms with E-state index in [0.717, 1.165) is 25.8 Å². The zero-order valence-corrected chi connectivity index (χ0v) is 14.3. The highest BCUT2D eigenvalue weighted by molar-refractivity contribution is 5.88. The van der Waals surface area contributed by atoms with E-state index in [9.17, 15) is 4.79 Å². The molecule has 0 aliphatic carbocycles. The Labute approximate surface area is 130 Å². The van der Waals surface area contributed by atoms with Crippen molar-refractivity contribution in [3.8, 4) is 0 Å². The van der Waals surface area contributed by atoms with Gasteiger partial charge in [-0.1, -0.05) is 26.7 Å². The first kappa shape index (κ1) is 16.8. The van der Waals surface area contributed by atoms with Crippen LogP contribution in [0.2, 0.25) is 0 Å². The first-order chi connectivity index (χ1) is 10.0. The maximum Gasteiger partial charge on any atom is 0.244 e. The fourth-order valence-electron chi connectivity index (χ4n) is 3.77. The largest absolute Gasteiger partial charge is 0.322 e. The van der Waals surface area contributed by atoms with Crippen molar-refractivity contribution in [2.75, 3.05) is 19.6 Å². The fraction of sp³-hybridized carbons (Fsp3) is 0.941. The second kappa shape index (κ2) is 7.10. The molecule has 0 spiro atoms. The Kier molecular flexibility index (Phi) is 5.67. The number of nitrogens with one attached hydrogen (secondary N) is 1. The SMILES string of the molecule is CCCC1NC(C)(CC)C(=O)N1C(C)CN1CCCCC1. The predicted octanol–water partition coefficient (Wildman–Crippen LogP) is 2.59. The summed E-state index contributed by atoms with van der Waals surface area (Å²) in [4.78, 5) is 17.5. The molecule has 4 heteroatoms. The van der Waals surface area contributed by atoms with E-state index in [1.165, 1.54) is 32.4 Å². The molecule has 2 aliphatic heterocycles. The summed E-state index contributed by atoms with van der Waals surface area (Å²) in [5.41, 5.74) is -0.365. The van der Waals surface area contributed by atoms with E-state index in [1.807, 2.05) is 0 Å². The topological polar surface area (TPSA) is 35.6 Å². The second-order valence-electron chi connectivity index (χ2n) is 7.06. The minimum absolute atomic E-state index is 0.215. The first-order valence-corrected chi connectivity index (χ1v) is 8.84. The molecule has 122 valence electrons. The van der Waals surface area contributed by atoms with Gasteiger partial charge in [0.2, 0.25) is 5.91 Å². The molecule has 2 aliphatic rings. The van der Waals surface area contributed by atoms with Crippen LogP contribution in [0.3, 0.4) is 0 Å². The molecule has 21 heavy (non-hydrogen) atoms. The zero-order chi connectivity index (χ0) is 15.5. The van der Waals surface area contributed by atoms with Crippen molar-refractivity contribution in [3.63, 3.8) is 0 Å². The van der Waals surface area contributed by atoms with Gasteiger partial charge in [-0.25, -0.2) is 0 Å². The molecule has 2 heterocycles. The Bertz CT molecular complexity index is 354. The standard InChI is InChI=1S/C17H33N3O/c1-5-10-15-18-17(4,6-2)16(21)20(15)14(3)13-19-11-8-7-9-12-19/h14-15,18H,5-13H2,1-4H3. The lowest BCUT2D eigenvalue weighted by Crippen LogP contribution is -2.49. The van der Waals surface area contributed by atoms with Gasteiger partial charge in [-0.05, 0) is 52.6 Å². The molecule has 0 aromatic carbocycles. The first-order valence-electron chi connectivity index (χ1n) is 8.84. The quantitative estimate of drug-likeness (QED) is 0.818. The smallest absolute Gasteiger partial charge is 0.244 e. The van der Waals surface area contributed by atoms with Gasteiger partial charge in [-0.15, -0.1) is 0 Å². The zero-order valence-electron chi connectivity index (χ0n) is 14.3. The molecule has 0 bridgehead atoms. The Hall–Kier alpha value is -0.610. The van der Waals surface area contributed by atoms with Gasteiger partial charge in [0.05, 0.1) is 11.7 Å². The summed E-state index contributed by atoms with van der Waals surface area (Å²) in [6.45, 7) is 12.0. The summed E-state index contributed by atoms with van der Waals surface area (Å²) in [5, 5.41) is 3.59. The van der Waals surface area contributed by atoms with Crippen molar-refractivity contribution < 1.29 is 4.79 Å². The highest BCUT2D eigenvalue weighted by Crippen LogP contribution is 2.28. The van der Waals surface area contributed by atoms with E-state index in [4.69, 9.17) is 0 Å². The Morgan fingerprint density at radius 3 is 2.52 bits per heavy atom. The minimum atomic E-state index is -0.365. The average Bonchev–Trinajstić information content (AvgIpc) is 2.72. The highest BCUT2D eigenvalue weighted by atomic mass is 16.2. The minimum Gasteiger partial charge on any atom is -0.322 e. The Balaban J connectivity index is 2.04. The molecule has 3 atom stereocenters. The number of likely N-dealkylation sites (tertiary alicyclic amines) is 1. The van der Waals surface area contributed by atoms with Crippen LogP contribution in [0.25, 0.3) is 0 Å². The van der Waals surface area contributed by atoms with Gasteiger partial charge < -0.3 is 9.80 Å². The molecule has 0 aromatic rings. The monoisotopic (exact) mass is 295 g/mol. The van der Waals surface area contributed by atoms with Gasteiger partial charge >= 0.3 is 0 Å². The van der Waals surface area contributed by atoms with Crippen LogP contribution < -0.4 is 5.32 Å². The van der Waals surface area contributed by atoms with Crippen LogP contribution in [0.15, 0.2) is 0 Å². The fourth-order valence-corrected chi connectivity index (χ4v) is 3.77. The van der Waals surface area contributed by atoms with Crippen molar-refractivity contribution in [1.82, 2.24) is 15.1 Å². The summed E-state index contributed by atoms with van der Waals surface area (Å²) < 4.78 is 0. The molecule has 0 aromatic heterocycles. The van der Waals surface area contributed by atoms with Crippen molar-refractivity contribution in [2.24, 2.45) is 0 Å². The van der Waals surface area contributed by atoms with E-state index in [-0.39, 0.29) is 11.7 Å². The normalized spacial score (nSPS) is 32.7. The van der Waals surface area contributed by atoms with Crippen molar-refractivity contribution in [3.05, 3.63) is 0 Å². The summed E-state index contributed by atoms with van der Waals surface area (Å²) in [5.74, 6) is 0.299. The van der Waals surface area contributed by atoms with E-state index in [2.05, 4.69) is 42.8 Å². The molecule has 2 saturated heterocycles. The number of carbonyl (C=O) groups excluding carboxylic acids is 1. The lowest BCUT2D eigenvalue weighted by Gasteiger charge is -2.35. The van der Waals surface area contributed by atoms with Crippen molar-refractivity contribution in [2.45, 2.75) is 84.0 Å². The van der Waals surface area contributed by atoms with Crippen LogP contribution in [-0.2, 0) is 4.79 Å². The molecule has 2 rings (SSSR count). The molecular formula is C17H33N3O. The van der Waals surface area contributed by atoms with Gasteiger partial charge in [0.15, 0.2) is 0 Å². The third-order valence-electron chi connectivity index (χ3n) is 5.24. The third-order valence-corrected chi connectivity index (χ3v) is 5.24. The van der Waals surface area contributed by atoms with Crippen molar-refractivity contribution in [1.29, 1.82) is 0 Å². The van der Waals surface area contributed by atoms with E-state index >= 15 is 0 Å². The maximum atomic E-state index is 12.9. The van der Waals surface area contributed by atoms with Crippen LogP contribution >= 0.6 is 0 Å². The number of piperidine rings is 1. The predicted molar refractivity (Wildman–Crippen MR) is 87.1 cm³/mol. The lowest BCUT2D eigenvalue weighted by atomic mass is 9.99. The van der Waals surface area contributed by atoms with Gasteiger partial charge in [-0.3, -0.25) is 10.1 Å². The van der Waals surface area contributed by atoms with Gasteiger partial charge in [0.1, 0.15) is 0 Å². The van der Waals surface area contributed by atoms with E-state index in [0.29, 0.717) is 11.9 Å². The van der Waals surface area contributed by atoms with Crippen molar-refractivity contribution >= 4 is 5.91 Å². The molecule has 0 radical (unpaired) electrons.